The first-order chi connectivity index (χ1) is 9.13. The van der Waals surface area contributed by atoms with E-state index in [0.29, 0.717) is 11.7 Å². The number of likely N-dealkylation sites (tertiary alicyclic amines) is 1. The minimum atomic E-state index is -0.794. The highest BCUT2D eigenvalue weighted by Gasteiger charge is 2.38. The van der Waals surface area contributed by atoms with E-state index in [0.717, 1.165) is 45.2 Å². The smallest absolute Gasteiger partial charge is 0.307 e. The van der Waals surface area contributed by atoms with E-state index < -0.39 is 11.9 Å². The second kappa shape index (κ2) is 6.64. The molecular weight excluding hydrogens is 262 g/mol. The van der Waals surface area contributed by atoms with Gasteiger partial charge >= 0.3 is 5.97 Å². The Balaban J connectivity index is 1.96. The van der Waals surface area contributed by atoms with Crippen LogP contribution in [0.1, 0.15) is 38.5 Å². The van der Waals surface area contributed by atoms with Crippen LogP contribution in [-0.4, -0.2) is 46.5 Å². The summed E-state index contributed by atoms with van der Waals surface area (Å²) in [6, 6.07) is 0. The first-order valence-corrected chi connectivity index (χ1v) is 8.46. The van der Waals surface area contributed by atoms with Crippen LogP contribution in [0.15, 0.2) is 0 Å². The number of aliphatic carboxylic acids is 1. The summed E-state index contributed by atoms with van der Waals surface area (Å²) in [5, 5.41) is 9.92. The first-order valence-electron chi connectivity index (χ1n) is 7.18. The van der Waals surface area contributed by atoms with Crippen LogP contribution in [-0.2, 0) is 9.59 Å². The summed E-state index contributed by atoms with van der Waals surface area (Å²) >= 11 is 1.87. The van der Waals surface area contributed by atoms with E-state index in [-0.39, 0.29) is 11.8 Å². The van der Waals surface area contributed by atoms with Gasteiger partial charge in [-0.2, -0.15) is 11.8 Å². The van der Waals surface area contributed by atoms with Crippen molar-refractivity contribution in [2.75, 3.05) is 19.3 Å². The van der Waals surface area contributed by atoms with Gasteiger partial charge in [0.05, 0.1) is 11.8 Å². The summed E-state index contributed by atoms with van der Waals surface area (Å²) < 4.78 is 0. The van der Waals surface area contributed by atoms with E-state index in [4.69, 9.17) is 0 Å². The van der Waals surface area contributed by atoms with Gasteiger partial charge in [-0.3, -0.25) is 9.59 Å². The van der Waals surface area contributed by atoms with Gasteiger partial charge in [0, 0.05) is 18.3 Å². The number of nitrogens with zero attached hydrogens (tertiary/aromatic N) is 1. The van der Waals surface area contributed by atoms with Crippen molar-refractivity contribution in [2.45, 2.75) is 43.8 Å². The van der Waals surface area contributed by atoms with Crippen LogP contribution in [0, 0.1) is 11.8 Å². The van der Waals surface area contributed by atoms with Crippen molar-refractivity contribution in [1.82, 2.24) is 4.90 Å². The number of carboxylic acids is 1. The SMILES string of the molecule is CSC1CCN(C(=O)C2CCCCC2C(=O)O)CC1. The highest BCUT2D eigenvalue weighted by atomic mass is 32.2. The molecule has 1 aliphatic heterocycles. The Hall–Kier alpha value is -0.710. The normalized spacial score (nSPS) is 29.2. The third-order valence-corrected chi connectivity index (χ3v) is 5.63. The molecule has 1 saturated heterocycles. The predicted molar refractivity (Wildman–Crippen MR) is 76.2 cm³/mol. The number of hydrogen-bond donors (Lipinski definition) is 1. The molecule has 1 heterocycles. The lowest BCUT2D eigenvalue weighted by molar-refractivity contribution is -0.152. The zero-order valence-electron chi connectivity index (χ0n) is 11.5. The third-order valence-electron chi connectivity index (χ3n) is 4.49. The minimum absolute atomic E-state index is 0.0895. The Labute approximate surface area is 118 Å². The van der Waals surface area contributed by atoms with E-state index >= 15 is 0 Å². The van der Waals surface area contributed by atoms with Crippen molar-refractivity contribution in [3.8, 4) is 0 Å². The predicted octanol–water partition coefficient (Wildman–Crippen LogP) is 2.23. The molecule has 2 atom stereocenters. The fourth-order valence-corrected chi connectivity index (χ4v) is 3.95. The number of thioether (sulfide) groups is 1. The second-order valence-corrected chi connectivity index (χ2v) is 6.73. The molecule has 0 aromatic rings. The van der Waals surface area contributed by atoms with Gasteiger partial charge in [0.2, 0.25) is 5.91 Å². The summed E-state index contributed by atoms with van der Waals surface area (Å²) in [6.07, 6.45) is 7.53. The maximum Gasteiger partial charge on any atom is 0.307 e. The number of piperidine rings is 1. The quantitative estimate of drug-likeness (QED) is 0.864. The van der Waals surface area contributed by atoms with Crippen LogP contribution in [0.25, 0.3) is 0 Å². The van der Waals surface area contributed by atoms with Crippen molar-refractivity contribution in [2.24, 2.45) is 11.8 Å². The van der Waals surface area contributed by atoms with Crippen LogP contribution < -0.4 is 0 Å². The van der Waals surface area contributed by atoms with Gasteiger partial charge in [-0.1, -0.05) is 12.8 Å². The van der Waals surface area contributed by atoms with E-state index in [1.54, 1.807) is 0 Å². The third kappa shape index (κ3) is 3.44. The van der Waals surface area contributed by atoms with E-state index in [1.165, 1.54) is 0 Å². The monoisotopic (exact) mass is 285 g/mol. The molecule has 0 spiro atoms. The lowest BCUT2D eigenvalue weighted by atomic mass is 9.78. The summed E-state index contributed by atoms with van der Waals surface area (Å²) in [4.78, 5) is 25.7. The highest BCUT2D eigenvalue weighted by Crippen LogP contribution is 2.33. The Kier molecular flexibility index (Phi) is 5.13. The van der Waals surface area contributed by atoms with Crippen LogP contribution in [0.3, 0.4) is 0 Å². The lowest BCUT2D eigenvalue weighted by Crippen LogP contribution is -2.46. The fourth-order valence-electron chi connectivity index (χ4n) is 3.27. The van der Waals surface area contributed by atoms with Crippen LogP contribution in [0.5, 0.6) is 0 Å². The topological polar surface area (TPSA) is 57.6 Å². The minimum Gasteiger partial charge on any atom is -0.481 e. The largest absolute Gasteiger partial charge is 0.481 e. The van der Waals surface area contributed by atoms with Gasteiger partial charge in [0.25, 0.3) is 0 Å². The molecule has 1 N–H and O–H groups in total. The van der Waals surface area contributed by atoms with E-state index in [9.17, 15) is 14.7 Å². The molecule has 1 aliphatic carbocycles. The molecule has 2 unspecified atom stereocenters. The summed E-state index contributed by atoms with van der Waals surface area (Å²) in [7, 11) is 0. The van der Waals surface area contributed by atoms with Gasteiger partial charge < -0.3 is 10.0 Å². The number of amides is 1. The first kappa shape index (κ1) is 14.7. The van der Waals surface area contributed by atoms with Crippen molar-refractivity contribution in [3.05, 3.63) is 0 Å². The molecule has 2 rings (SSSR count). The molecular formula is C14H23NO3S. The molecule has 1 amide bonds. The Morgan fingerprint density at radius 1 is 1.05 bits per heavy atom. The highest BCUT2D eigenvalue weighted by molar-refractivity contribution is 7.99. The number of rotatable bonds is 3. The summed E-state index contributed by atoms with van der Waals surface area (Å²) in [6.45, 7) is 1.60. The number of hydrogen-bond acceptors (Lipinski definition) is 3. The number of carboxylic acid groups (broad SMARTS) is 1. The number of carbonyl (C=O) groups is 2. The maximum atomic E-state index is 12.5. The molecule has 108 valence electrons. The summed E-state index contributed by atoms with van der Waals surface area (Å²) in [5.41, 5.74) is 0. The zero-order chi connectivity index (χ0) is 13.8. The van der Waals surface area contributed by atoms with Gasteiger partial charge in [0.1, 0.15) is 0 Å². The fraction of sp³-hybridized carbons (Fsp3) is 0.857. The van der Waals surface area contributed by atoms with Gasteiger partial charge in [-0.15, -0.1) is 0 Å². The standard InChI is InChI=1S/C14H23NO3S/c1-19-10-6-8-15(9-7-10)13(16)11-4-2-3-5-12(11)14(17)18/h10-12H,2-9H2,1H3,(H,17,18). The molecule has 0 aromatic carbocycles. The second-order valence-electron chi connectivity index (χ2n) is 5.60. The van der Waals surface area contributed by atoms with Gasteiger partial charge in [0.15, 0.2) is 0 Å². The average molecular weight is 285 g/mol. The molecule has 19 heavy (non-hydrogen) atoms. The molecule has 0 aromatic heterocycles. The van der Waals surface area contributed by atoms with E-state index in [1.807, 2.05) is 16.7 Å². The van der Waals surface area contributed by atoms with Crippen molar-refractivity contribution < 1.29 is 14.7 Å². The van der Waals surface area contributed by atoms with Gasteiger partial charge in [-0.25, -0.2) is 0 Å². The van der Waals surface area contributed by atoms with Crippen LogP contribution >= 0.6 is 11.8 Å². The molecule has 4 nitrogen and oxygen atoms in total. The molecule has 2 aliphatic rings. The molecule has 5 heteroatoms. The van der Waals surface area contributed by atoms with Crippen LogP contribution in [0.2, 0.25) is 0 Å². The average Bonchev–Trinajstić information content (AvgIpc) is 2.46. The molecule has 2 fully saturated rings. The number of carbonyl (C=O) groups excluding carboxylic acids is 1. The molecule has 1 saturated carbocycles. The molecule has 0 radical (unpaired) electrons. The van der Waals surface area contributed by atoms with E-state index in [2.05, 4.69) is 6.26 Å². The van der Waals surface area contributed by atoms with Gasteiger partial charge in [-0.05, 0) is 31.9 Å². The Morgan fingerprint density at radius 3 is 2.16 bits per heavy atom. The Bertz CT molecular complexity index is 340. The Morgan fingerprint density at radius 2 is 1.63 bits per heavy atom. The maximum absolute atomic E-state index is 12.5. The zero-order valence-corrected chi connectivity index (χ0v) is 12.3. The van der Waals surface area contributed by atoms with Crippen molar-refractivity contribution in [3.63, 3.8) is 0 Å². The van der Waals surface area contributed by atoms with Crippen molar-refractivity contribution in [1.29, 1.82) is 0 Å². The lowest BCUT2D eigenvalue weighted by Gasteiger charge is -2.36. The van der Waals surface area contributed by atoms with Crippen LogP contribution in [0.4, 0.5) is 0 Å². The summed E-state index contributed by atoms with van der Waals surface area (Å²) in [5.74, 6) is -1.44. The van der Waals surface area contributed by atoms with Crippen molar-refractivity contribution >= 4 is 23.6 Å². The molecule has 0 bridgehead atoms.